The summed E-state index contributed by atoms with van der Waals surface area (Å²) in [4.78, 5) is 58.6. The summed E-state index contributed by atoms with van der Waals surface area (Å²) in [7, 11) is 0. The molecule has 1 saturated heterocycles. The molecule has 1 aliphatic heterocycles. The molecule has 6 fully saturated rings. The number of aromatic nitrogens is 7. The van der Waals surface area contributed by atoms with Gasteiger partial charge in [0.1, 0.15) is 24.3 Å². The van der Waals surface area contributed by atoms with E-state index < -0.39 is 18.0 Å². The topological polar surface area (TPSA) is 164 Å². The second-order valence-corrected chi connectivity index (χ2v) is 15.0. The molecule has 4 aromatic rings. The minimum absolute atomic E-state index is 0.0133. The lowest BCUT2D eigenvalue weighted by atomic mass is 9.37. The van der Waals surface area contributed by atoms with E-state index in [9.17, 15) is 28.3 Å². The van der Waals surface area contributed by atoms with Crippen LogP contribution in [0.1, 0.15) is 85.9 Å². The first-order valence-electron chi connectivity index (χ1n) is 17.7. The normalized spacial score (nSPS) is 26.4. The molecule has 5 heterocycles. The summed E-state index contributed by atoms with van der Waals surface area (Å²) in [5.74, 6) is -0.0341. The van der Waals surface area contributed by atoms with Crippen LogP contribution in [0.5, 0.6) is 5.75 Å². The molecule has 0 unspecified atom stereocenters. The molecule has 2 bridgehead atoms. The zero-order chi connectivity index (χ0) is 35.4. The van der Waals surface area contributed by atoms with Crippen LogP contribution < -0.4 is 15.6 Å². The number of aryl methyl sites for hydroxylation is 1. The highest BCUT2D eigenvalue weighted by Crippen LogP contribution is 2.75. The molecule has 2 atom stereocenters. The number of nitrogens with zero attached hydrogens (tertiary/aromatic N) is 9. The average Bonchev–Trinajstić information content (AvgIpc) is 3.81. The van der Waals surface area contributed by atoms with Gasteiger partial charge in [-0.15, -0.1) is 15.0 Å². The first-order chi connectivity index (χ1) is 24.5. The van der Waals surface area contributed by atoms with Crippen LogP contribution in [0, 0.1) is 18.3 Å². The number of anilines is 1. The highest BCUT2D eigenvalue weighted by molar-refractivity contribution is 5.95. The van der Waals surface area contributed by atoms with Gasteiger partial charge in [-0.25, -0.2) is 18.7 Å². The van der Waals surface area contributed by atoms with Crippen LogP contribution >= 0.6 is 0 Å². The first-order valence-corrected chi connectivity index (χ1v) is 17.7. The Labute approximate surface area is 290 Å². The third kappa shape index (κ3) is 4.84. The van der Waals surface area contributed by atoms with Crippen LogP contribution in [0.15, 0.2) is 29.5 Å². The van der Waals surface area contributed by atoms with E-state index in [1.54, 1.807) is 16.4 Å². The van der Waals surface area contributed by atoms with Crippen molar-refractivity contribution in [2.45, 2.75) is 95.8 Å². The molecule has 0 aromatic carbocycles. The van der Waals surface area contributed by atoms with Crippen molar-refractivity contribution >= 4 is 28.7 Å². The lowest BCUT2D eigenvalue weighted by Gasteiger charge is -2.71. The van der Waals surface area contributed by atoms with E-state index in [0.717, 1.165) is 36.4 Å². The predicted molar refractivity (Wildman–Crippen MR) is 179 cm³/mol. The molecule has 5 aliphatic carbocycles. The number of alkyl halides is 2. The van der Waals surface area contributed by atoms with Gasteiger partial charge in [0.05, 0.1) is 17.4 Å². The molecule has 6 aliphatic rings. The van der Waals surface area contributed by atoms with E-state index in [-0.39, 0.29) is 70.3 Å². The molecule has 51 heavy (non-hydrogen) atoms. The van der Waals surface area contributed by atoms with Crippen molar-refractivity contribution in [2.75, 3.05) is 18.0 Å². The predicted octanol–water partition coefficient (Wildman–Crippen LogP) is 3.22. The molecule has 266 valence electrons. The Morgan fingerprint density at radius 1 is 1.06 bits per heavy atom. The zero-order valence-corrected chi connectivity index (χ0v) is 28.3. The summed E-state index contributed by atoms with van der Waals surface area (Å²) < 4.78 is 28.9. The second kappa shape index (κ2) is 11.2. The van der Waals surface area contributed by atoms with Crippen LogP contribution in [0.4, 0.5) is 14.5 Å². The standard InChI is InChI=1S/C35H38F2N10O4/c1-3-22-28(44-10-11-45(24-7-6-23(24)44)33(51)27-29(49)18(2)39-17-40-27)30(50)26-32(43-47(42-26)20-8-9-38-21(12-20)31(36)37)46(22)13-25(48)41-35-14-34(15-35,16-35)19-4-5-19/h8-9,12,17,19,23-24,31,49H,3-7,10-11,13-16H2,1-2H3,(H,41,48)/t23-,24-,34?,35?/m0/s1. The summed E-state index contributed by atoms with van der Waals surface area (Å²) in [5, 5.41) is 23.0. The highest BCUT2D eigenvalue weighted by Gasteiger charge is 2.72. The van der Waals surface area contributed by atoms with Crippen LogP contribution in [-0.4, -0.2) is 87.0 Å². The van der Waals surface area contributed by atoms with Crippen LogP contribution in [0.3, 0.4) is 0 Å². The molecular weight excluding hydrogens is 662 g/mol. The van der Waals surface area contributed by atoms with Crippen molar-refractivity contribution in [2.24, 2.45) is 11.3 Å². The van der Waals surface area contributed by atoms with Crippen molar-refractivity contribution in [1.82, 2.24) is 44.7 Å². The van der Waals surface area contributed by atoms with Gasteiger partial charge in [-0.1, -0.05) is 6.92 Å². The number of pyridine rings is 2. The average molecular weight is 701 g/mol. The summed E-state index contributed by atoms with van der Waals surface area (Å²) in [6.07, 6.45) is 7.07. The molecule has 2 N–H and O–H groups in total. The Bertz CT molecular complexity index is 2160. The number of fused-ring (bicyclic) bond motifs is 2. The lowest BCUT2D eigenvalue weighted by Crippen LogP contribution is -2.75. The fourth-order valence-electron chi connectivity index (χ4n) is 9.38. The molecule has 0 spiro atoms. The minimum Gasteiger partial charge on any atom is -0.504 e. The van der Waals surface area contributed by atoms with E-state index >= 15 is 0 Å². The van der Waals surface area contributed by atoms with Gasteiger partial charge in [0.25, 0.3) is 12.3 Å². The first kappa shape index (κ1) is 31.9. The molecule has 14 nitrogen and oxygen atoms in total. The van der Waals surface area contributed by atoms with E-state index in [1.807, 2.05) is 11.8 Å². The van der Waals surface area contributed by atoms with Crippen molar-refractivity contribution in [3.05, 3.63) is 57.7 Å². The van der Waals surface area contributed by atoms with E-state index in [0.29, 0.717) is 41.9 Å². The summed E-state index contributed by atoms with van der Waals surface area (Å²) in [6.45, 7) is 4.02. The largest absolute Gasteiger partial charge is 0.504 e. The smallest absolute Gasteiger partial charge is 0.280 e. The zero-order valence-electron chi connectivity index (χ0n) is 28.3. The van der Waals surface area contributed by atoms with Gasteiger partial charge < -0.3 is 24.8 Å². The van der Waals surface area contributed by atoms with Gasteiger partial charge >= 0.3 is 0 Å². The number of amides is 2. The third-order valence-electron chi connectivity index (χ3n) is 12.0. The van der Waals surface area contributed by atoms with Crippen molar-refractivity contribution in [1.29, 1.82) is 0 Å². The van der Waals surface area contributed by atoms with Crippen molar-refractivity contribution < 1.29 is 23.5 Å². The van der Waals surface area contributed by atoms with Gasteiger partial charge in [0.15, 0.2) is 22.6 Å². The van der Waals surface area contributed by atoms with Crippen molar-refractivity contribution in [3.63, 3.8) is 0 Å². The van der Waals surface area contributed by atoms with Gasteiger partial charge in [-0.3, -0.25) is 19.4 Å². The number of aromatic hydroxyl groups is 1. The van der Waals surface area contributed by atoms with Gasteiger partial charge in [-0.05, 0) is 81.8 Å². The van der Waals surface area contributed by atoms with Crippen LogP contribution in [0.2, 0.25) is 0 Å². The number of carbonyl (C=O) groups excluding carboxylic acids is 2. The molecule has 2 amide bonds. The maximum absolute atomic E-state index is 14.5. The number of halogens is 2. The summed E-state index contributed by atoms with van der Waals surface area (Å²) in [6, 6.07) is 2.23. The lowest BCUT2D eigenvalue weighted by molar-refractivity contribution is -0.176. The Balaban J connectivity index is 1.09. The number of hydrogen-bond acceptors (Lipinski definition) is 10. The molecule has 5 saturated carbocycles. The van der Waals surface area contributed by atoms with E-state index in [2.05, 4.69) is 30.5 Å². The molecule has 16 heteroatoms. The summed E-state index contributed by atoms with van der Waals surface area (Å²) in [5.41, 5.74) is 1.07. The van der Waals surface area contributed by atoms with Crippen LogP contribution in [-0.2, 0) is 17.8 Å². The van der Waals surface area contributed by atoms with Crippen molar-refractivity contribution in [3.8, 4) is 11.4 Å². The highest BCUT2D eigenvalue weighted by atomic mass is 19.3. The van der Waals surface area contributed by atoms with Crippen LogP contribution in [0.25, 0.3) is 16.9 Å². The molecule has 10 rings (SSSR count). The Morgan fingerprint density at radius 3 is 2.51 bits per heavy atom. The third-order valence-corrected chi connectivity index (χ3v) is 12.0. The Morgan fingerprint density at radius 2 is 1.82 bits per heavy atom. The summed E-state index contributed by atoms with van der Waals surface area (Å²) >= 11 is 0. The Kier molecular flexibility index (Phi) is 7.04. The Hall–Kier alpha value is -5.02. The monoisotopic (exact) mass is 700 g/mol. The van der Waals surface area contributed by atoms with E-state index in [1.165, 1.54) is 37.5 Å². The van der Waals surface area contributed by atoms with Gasteiger partial charge in [0.2, 0.25) is 11.3 Å². The SMILES string of the molecule is CCc1c(N2CCN(C(=O)c3ncnc(C)c3O)[C@H]3CC[C@@H]32)c(=O)c2nn(-c3ccnc(C(F)F)c3)nc2n1CC(=O)NC12CC(C3CC3)(C1)C2. The maximum Gasteiger partial charge on any atom is 0.280 e. The fourth-order valence-corrected chi connectivity index (χ4v) is 9.38. The quantitative estimate of drug-likeness (QED) is 0.265. The molecule has 0 radical (unpaired) electrons. The van der Waals surface area contributed by atoms with Gasteiger partial charge in [0, 0.05) is 36.6 Å². The number of carbonyl (C=O) groups is 2. The number of nitrogens with one attached hydrogen (secondary N) is 1. The minimum atomic E-state index is -2.81. The number of rotatable bonds is 9. The number of hydrogen-bond donors (Lipinski definition) is 2. The molecular formula is C35H38F2N10O4. The van der Waals surface area contributed by atoms with Gasteiger partial charge in [-0.2, -0.15) is 0 Å². The molecule has 4 aromatic heterocycles. The number of piperazine rings is 1. The fraction of sp³-hybridized carbons (Fsp3) is 0.543. The maximum atomic E-state index is 14.5. The van der Waals surface area contributed by atoms with E-state index in [4.69, 9.17) is 0 Å². The second-order valence-electron chi connectivity index (χ2n) is 15.0.